The van der Waals surface area contributed by atoms with Crippen LogP contribution in [-0.4, -0.2) is 46.5 Å². The Morgan fingerprint density at radius 3 is 2.83 bits per heavy atom. The minimum absolute atomic E-state index is 0.121. The molecule has 3 aliphatic heterocycles. The summed E-state index contributed by atoms with van der Waals surface area (Å²) in [7, 11) is 0. The van der Waals surface area contributed by atoms with Gasteiger partial charge in [0.2, 0.25) is 0 Å². The van der Waals surface area contributed by atoms with E-state index >= 15 is 0 Å². The second-order valence-corrected chi connectivity index (χ2v) is 6.36. The highest BCUT2D eigenvalue weighted by Crippen LogP contribution is 2.28. The van der Waals surface area contributed by atoms with E-state index in [1.807, 2.05) is 0 Å². The van der Waals surface area contributed by atoms with Gasteiger partial charge in [-0.15, -0.1) is 0 Å². The van der Waals surface area contributed by atoms with E-state index in [0.717, 1.165) is 32.5 Å². The molecule has 2 bridgehead atoms. The van der Waals surface area contributed by atoms with Crippen molar-refractivity contribution >= 4 is 5.91 Å². The summed E-state index contributed by atoms with van der Waals surface area (Å²) in [4.78, 5) is 21.6. The highest BCUT2D eigenvalue weighted by molar-refractivity contribution is 5.93. The van der Waals surface area contributed by atoms with Crippen LogP contribution < -0.4 is 5.32 Å². The number of hydrogen-bond donors (Lipinski definition) is 2. The Morgan fingerprint density at radius 1 is 1.30 bits per heavy atom. The first kappa shape index (κ1) is 14.4. The Morgan fingerprint density at radius 2 is 2.13 bits per heavy atom. The molecule has 5 rings (SSSR count). The second kappa shape index (κ2) is 5.77. The standard InChI is InChI=1S/C17H19FN4O/c18-13-9-19-6-3-12(13)14-1-2-15(20-14)17(23)21-16-10-22-7-4-11(16)5-8-22/h1-3,6,9,11,16,20H,4-5,7-8,10H2,(H,21,23)/t16-/m0/s1. The molecule has 1 atom stereocenters. The molecule has 1 amide bonds. The SMILES string of the molecule is O=C(N[C@H]1CN2CCC1CC2)c1ccc(-c2ccncc2F)[nH]1. The number of nitrogens with one attached hydrogen (secondary N) is 2. The van der Waals surface area contributed by atoms with E-state index in [1.54, 1.807) is 18.2 Å². The monoisotopic (exact) mass is 314 g/mol. The molecule has 0 aliphatic carbocycles. The maximum Gasteiger partial charge on any atom is 0.267 e. The fraction of sp³-hybridized carbons (Fsp3) is 0.412. The highest BCUT2D eigenvalue weighted by atomic mass is 19.1. The molecule has 23 heavy (non-hydrogen) atoms. The van der Waals surface area contributed by atoms with Crippen LogP contribution in [-0.2, 0) is 0 Å². The fourth-order valence-corrected chi connectivity index (χ4v) is 3.65. The van der Waals surface area contributed by atoms with Gasteiger partial charge in [0, 0.05) is 30.0 Å². The third-order valence-corrected chi connectivity index (χ3v) is 4.97. The number of halogens is 1. The Hall–Kier alpha value is -2.21. The van der Waals surface area contributed by atoms with Crippen molar-refractivity contribution in [3.05, 3.63) is 42.1 Å². The number of piperidine rings is 3. The summed E-state index contributed by atoms with van der Waals surface area (Å²) < 4.78 is 13.8. The summed E-state index contributed by atoms with van der Waals surface area (Å²) in [5, 5.41) is 3.13. The maximum absolute atomic E-state index is 13.8. The molecule has 6 heteroatoms. The molecule has 0 saturated carbocycles. The van der Waals surface area contributed by atoms with Gasteiger partial charge in [-0.3, -0.25) is 9.78 Å². The van der Waals surface area contributed by atoms with Crippen LogP contribution in [0.2, 0.25) is 0 Å². The van der Waals surface area contributed by atoms with E-state index in [9.17, 15) is 9.18 Å². The van der Waals surface area contributed by atoms with Gasteiger partial charge >= 0.3 is 0 Å². The number of hydrogen-bond acceptors (Lipinski definition) is 3. The van der Waals surface area contributed by atoms with Crippen LogP contribution >= 0.6 is 0 Å². The molecule has 0 aromatic carbocycles. The van der Waals surface area contributed by atoms with Crippen molar-refractivity contribution in [1.29, 1.82) is 0 Å². The van der Waals surface area contributed by atoms with E-state index in [0.29, 0.717) is 22.9 Å². The van der Waals surface area contributed by atoms with E-state index in [2.05, 4.69) is 20.2 Å². The molecule has 2 aromatic rings. The molecular formula is C17H19FN4O. The molecule has 3 saturated heterocycles. The van der Waals surface area contributed by atoms with Crippen molar-refractivity contribution in [2.45, 2.75) is 18.9 Å². The van der Waals surface area contributed by atoms with Gasteiger partial charge in [0.05, 0.1) is 6.20 Å². The Balaban J connectivity index is 1.48. The van der Waals surface area contributed by atoms with Crippen molar-refractivity contribution in [3.63, 3.8) is 0 Å². The average Bonchev–Trinajstić information content (AvgIpc) is 3.06. The fourth-order valence-electron chi connectivity index (χ4n) is 3.65. The van der Waals surface area contributed by atoms with Gasteiger partial charge in [0.15, 0.2) is 5.82 Å². The summed E-state index contributed by atoms with van der Waals surface area (Å²) in [6.07, 6.45) is 5.02. The quantitative estimate of drug-likeness (QED) is 0.911. The van der Waals surface area contributed by atoms with Crippen molar-refractivity contribution in [3.8, 4) is 11.3 Å². The van der Waals surface area contributed by atoms with Gasteiger partial charge < -0.3 is 15.2 Å². The zero-order valence-electron chi connectivity index (χ0n) is 12.8. The molecule has 5 heterocycles. The number of pyridine rings is 1. The zero-order valence-corrected chi connectivity index (χ0v) is 12.8. The Labute approximate surface area is 133 Å². The number of aromatic amines is 1. The summed E-state index contributed by atoms with van der Waals surface area (Å²) >= 11 is 0. The van der Waals surface area contributed by atoms with Gasteiger partial charge in [0.1, 0.15) is 5.69 Å². The van der Waals surface area contributed by atoms with Crippen molar-refractivity contribution < 1.29 is 9.18 Å². The molecule has 120 valence electrons. The maximum atomic E-state index is 13.8. The summed E-state index contributed by atoms with van der Waals surface area (Å²) in [5.74, 6) is 0.0548. The van der Waals surface area contributed by atoms with Crippen LogP contribution in [0.1, 0.15) is 23.3 Å². The molecule has 2 aromatic heterocycles. The zero-order chi connectivity index (χ0) is 15.8. The lowest BCUT2D eigenvalue weighted by Gasteiger charge is -2.44. The van der Waals surface area contributed by atoms with Crippen molar-refractivity contribution in [1.82, 2.24) is 20.2 Å². The number of carbonyl (C=O) groups is 1. The third kappa shape index (κ3) is 2.74. The first-order chi connectivity index (χ1) is 11.2. The minimum Gasteiger partial charge on any atom is -0.350 e. The van der Waals surface area contributed by atoms with Gasteiger partial charge in [-0.2, -0.15) is 0 Å². The topological polar surface area (TPSA) is 61.0 Å². The normalized spacial score (nSPS) is 26.2. The number of amides is 1. The molecule has 2 N–H and O–H groups in total. The largest absolute Gasteiger partial charge is 0.350 e. The van der Waals surface area contributed by atoms with E-state index in [4.69, 9.17) is 0 Å². The summed E-state index contributed by atoms with van der Waals surface area (Å²) in [6, 6.07) is 5.24. The minimum atomic E-state index is -0.404. The van der Waals surface area contributed by atoms with Crippen molar-refractivity contribution in [2.24, 2.45) is 5.92 Å². The number of rotatable bonds is 3. The number of nitrogens with zero attached hydrogens (tertiary/aromatic N) is 2. The van der Waals surface area contributed by atoms with Gasteiger partial charge in [-0.25, -0.2) is 4.39 Å². The summed E-state index contributed by atoms with van der Waals surface area (Å²) in [5.41, 5.74) is 1.47. The molecule has 3 aliphatic rings. The molecule has 0 unspecified atom stereocenters. The summed E-state index contributed by atoms with van der Waals surface area (Å²) in [6.45, 7) is 3.22. The third-order valence-electron chi connectivity index (χ3n) is 4.97. The lowest BCUT2D eigenvalue weighted by molar-refractivity contribution is 0.0618. The first-order valence-electron chi connectivity index (χ1n) is 8.03. The molecular weight excluding hydrogens is 295 g/mol. The van der Waals surface area contributed by atoms with Crippen LogP contribution in [0.5, 0.6) is 0 Å². The van der Waals surface area contributed by atoms with Crippen LogP contribution in [0.4, 0.5) is 4.39 Å². The number of carbonyl (C=O) groups excluding carboxylic acids is 1. The number of H-pyrrole nitrogens is 1. The van der Waals surface area contributed by atoms with Crippen LogP contribution in [0.15, 0.2) is 30.6 Å². The molecule has 0 spiro atoms. The predicted octanol–water partition coefficient (Wildman–Crippen LogP) is 2.04. The molecule has 0 radical (unpaired) electrons. The van der Waals surface area contributed by atoms with Crippen molar-refractivity contribution in [2.75, 3.05) is 19.6 Å². The molecule has 3 fully saturated rings. The predicted molar refractivity (Wildman–Crippen MR) is 84.4 cm³/mol. The van der Waals surface area contributed by atoms with Crippen LogP contribution in [0.3, 0.4) is 0 Å². The van der Waals surface area contributed by atoms with Gasteiger partial charge in [-0.1, -0.05) is 0 Å². The second-order valence-electron chi connectivity index (χ2n) is 6.36. The first-order valence-corrected chi connectivity index (χ1v) is 8.03. The highest BCUT2D eigenvalue weighted by Gasteiger charge is 2.35. The van der Waals surface area contributed by atoms with E-state index in [1.165, 1.54) is 12.4 Å². The van der Waals surface area contributed by atoms with Crippen LogP contribution in [0, 0.1) is 11.7 Å². The Kier molecular flexibility index (Phi) is 3.61. The smallest absolute Gasteiger partial charge is 0.267 e. The van der Waals surface area contributed by atoms with Gasteiger partial charge in [-0.05, 0) is 50.0 Å². The van der Waals surface area contributed by atoms with E-state index < -0.39 is 5.82 Å². The lowest BCUT2D eigenvalue weighted by atomic mass is 9.84. The van der Waals surface area contributed by atoms with E-state index in [-0.39, 0.29) is 11.9 Å². The van der Waals surface area contributed by atoms with Crippen LogP contribution in [0.25, 0.3) is 11.3 Å². The average molecular weight is 314 g/mol. The Bertz CT molecular complexity index is 721. The lowest BCUT2D eigenvalue weighted by Crippen LogP contribution is -2.57. The van der Waals surface area contributed by atoms with Gasteiger partial charge in [0.25, 0.3) is 5.91 Å². The molecule has 5 nitrogen and oxygen atoms in total. The number of aromatic nitrogens is 2. The number of fused-ring (bicyclic) bond motifs is 3.